The Morgan fingerprint density at radius 2 is 2.22 bits per heavy atom. The van der Waals surface area contributed by atoms with Crippen molar-refractivity contribution in [3.8, 4) is 5.88 Å². The highest BCUT2D eigenvalue weighted by Crippen LogP contribution is 2.31. The fourth-order valence-corrected chi connectivity index (χ4v) is 2.26. The first-order valence-corrected chi connectivity index (χ1v) is 7.74. The van der Waals surface area contributed by atoms with Crippen molar-refractivity contribution < 1.29 is 9.53 Å². The molecule has 23 heavy (non-hydrogen) atoms. The van der Waals surface area contributed by atoms with Crippen LogP contribution in [0.15, 0.2) is 35.4 Å². The zero-order valence-corrected chi connectivity index (χ0v) is 13.1. The predicted octanol–water partition coefficient (Wildman–Crippen LogP) is 2.14. The Labute approximate surface area is 137 Å². The van der Waals surface area contributed by atoms with E-state index in [0.29, 0.717) is 17.5 Å². The van der Waals surface area contributed by atoms with E-state index in [2.05, 4.69) is 15.3 Å². The maximum atomic E-state index is 12.4. The minimum Gasteiger partial charge on any atom is -0.477 e. The second-order valence-electron chi connectivity index (χ2n) is 5.47. The van der Waals surface area contributed by atoms with Gasteiger partial charge in [0.05, 0.1) is 11.6 Å². The molecule has 1 aliphatic carbocycles. The number of halogens is 1. The number of aromatic nitrogens is 2. The lowest BCUT2D eigenvalue weighted by molar-refractivity contribution is 0.0945. The highest BCUT2D eigenvalue weighted by molar-refractivity contribution is 6.34. The van der Waals surface area contributed by atoms with Crippen LogP contribution in [0.25, 0.3) is 0 Å². The minimum atomic E-state index is -0.361. The number of nitrogens with one attached hydrogen (secondary N) is 2. The second kappa shape index (κ2) is 6.83. The molecule has 1 amide bonds. The number of hydrogen-bond acceptors (Lipinski definition) is 4. The lowest BCUT2D eigenvalue weighted by Gasteiger charge is -2.11. The van der Waals surface area contributed by atoms with Crippen LogP contribution in [0.4, 0.5) is 0 Å². The van der Waals surface area contributed by atoms with Crippen LogP contribution in [-0.2, 0) is 6.54 Å². The highest BCUT2D eigenvalue weighted by Gasteiger charge is 2.24. The first-order chi connectivity index (χ1) is 11.1. The summed E-state index contributed by atoms with van der Waals surface area (Å²) in [6, 6.07) is 4.61. The summed E-state index contributed by atoms with van der Waals surface area (Å²) in [4.78, 5) is 30.1. The summed E-state index contributed by atoms with van der Waals surface area (Å²) >= 11 is 6.13. The van der Waals surface area contributed by atoms with Crippen molar-refractivity contribution in [3.05, 3.63) is 57.1 Å². The summed E-state index contributed by atoms with van der Waals surface area (Å²) in [7, 11) is 0. The smallest absolute Gasteiger partial charge is 0.258 e. The molecule has 0 aromatic carbocycles. The molecule has 120 valence electrons. The summed E-state index contributed by atoms with van der Waals surface area (Å²) in [5, 5.41) is 3.05. The van der Waals surface area contributed by atoms with E-state index in [9.17, 15) is 9.59 Å². The molecule has 1 fully saturated rings. The fraction of sp³-hybridized carbons (Fsp3) is 0.312. The van der Waals surface area contributed by atoms with Gasteiger partial charge in [0.1, 0.15) is 5.56 Å². The topological polar surface area (TPSA) is 84.1 Å². The average molecular weight is 334 g/mol. The van der Waals surface area contributed by atoms with Gasteiger partial charge in [-0.1, -0.05) is 17.7 Å². The first-order valence-electron chi connectivity index (χ1n) is 7.36. The molecular formula is C16H16ClN3O3. The zero-order chi connectivity index (χ0) is 16.2. The zero-order valence-electron chi connectivity index (χ0n) is 12.3. The van der Waals surface area contributed by atoms with Crippen molar-refractivity contribution in [2.24, 2.45) is 5.92 Å². The number of aromatic amines is 1. The molecule has 6 nitrogen and oxygen atoms in total. The molecular weight excluding hydrogens is 318 g/mol. The largest absolute Gasteiger partial charge is 0.477 e. The van der Waals surface area contributed by atoms with Crippen LogP contribution in [0.2, 0.25) is 5.02 Å². The van der Waals surface area contributed by atoms with Gasteiger partial charge in [0.2, 0.25) is 11.4 Å². The second-order valence-corrected chi connectivity index (χ2v) is 5.88. The van der Waals surface area contributed by atoms with Crippen molar-refractivity contribution in [2.75, 3.05) is 6.61 Å². The fourth-order valence-electron chi connectivity index (χ4n) is 2.04. The Kier molecular flexibility index (Phi) is 4.62. The van der Waals surface area contributed by atoms with Crippen molar-refractivity contribution in [1.82, 2.24) is 15.3 Å². The Morgan fingerprint density at radius 1 is 1.39 bits per heavy atom. The number of rotatable bonds is 6. The van der Waals surface area contributed by atoms with E-state index in [1.165, 1.54) is 12.3 Å². The van der Waals surface area contributed by atoms with E-state index in [0.717, 1.165) is 18.4 Å². The molecule has 2 heterocycles. The lowest BCUT2D eigenvalue weighted by Crippen LogP contribution is -2.24. The third-order valence-corrected chi connectivity index (χ3v) is 3.86. The maximum Gasteiger partial charge on any atom is 0.258 e. The number of amides is 1. The summed E-state index contributed by atoms with van der Waals surface area (Å²) < 4.78 is 5.63. The minimum absolute atomic E-state index is 0.189. The van der Waals surface area contributed by atoms with Gasteiger partial charge in [-0.2, -0.15) is 0 Å². The molecule has 3 rings (SSSR count). The van der Waals surface area contributed by atoms with Gasteiger partial charge in [-0.05, 0) is 30.4 Å². The van der Waals surface area contributed by atoms with E-state index in [4.69, 9.17) is 16.3 Å². The molecule has 0 unspecified atom stereocenters. The SMILES string of the molecule is O=C(NCc1ccc(=O)[nH]c1)c1c(Cl)ccnc1OCC1CC1. The van der Waals surface area contributed by atoms with Crippen molar-refractivity contribution >= 4 is 17.5 Å². The van der Waals surface area contributed by atoms with Crippen molar-refractivity contribution in [2.45, 2.75) is 19.4 Å². The van der Waals surface area contributed by atoms with E-state index in [1.54, 1.807) is 18.3 Å². The summed E-state index contributed by atoms with van der Waals surface area (Å²) in [6.45, 7) is 0.816. The summed E-state index contributed by atoms with van der Waals surface area (Å²) in [5.74, 6) is 0.441. The maximum absolute atomic E-state index is 12.4. The summed E-state index contributed by atoms with van der Waals surface area (Å²) in [6.07, 6.45) is 5.36. The van der Waals surface area contributed by atoms with Gasteiger partial charge in [-0.3, -0.25) is 9.59 Å². The quantitative estimate of drug-likeness (QED) is 0.848. The van der Waals surface area contributed by atoms with Gasteiger partial charge in [0.15, 0.2) is 0 Å². The molecule has 2 aromatic rings. The summed E-state index contributed by atoms with van der Waals surface area (Å²) in [5.41, 5.74) is 0.823. The number of nitrogens with zero attached hydrogens (tertiary/aromatic N) is 1. The van der Waals surface area contributed by atoms with E-state index in [1.807, 2.05) is 0 Å². The first kappa shape index (κ1) is 15.6. The number of ether oxygens (including phenoxy) is 1. The van der Waals surface area contributed by atoms with Crippen LogP contribution in [0.1, 0.15) is 28.8 Å². The van der Waals surface area contributed by atoms with Crippen LogP contribution < -0.4 is 15.6 Å². The van der Waals surface area contributed by atoms with E-state index < -0.39 is 0 Å². The van der Waals surface area contributed by atoms with Crippen molar-refractivity contribution in [1.29, 1.82) is 0 Å². The Balaban J connectivity index is 1.69. The Hall–Kier alpha value is -2.34. The molecule has 0 atom stereocenters. The molecule has 2 aromatic heterocycles. The number of carbonyl (C=O) groups is 1. The number of pyridine rings is 2. The lowest BCUT2D eigenvalue weighted by atomic mass is 10.2. The third kappa shape index (κ3) is 4.10. The molecule has 0 spiro atoms. The van der Waals surface area contributed by atoms with Gasteiger partial charge < -0.3 is 15.0 Å². The highest BCUT2D eigenvalue weighted by atomic mass is 35.5. The normalized spacial score (nSPS) is 13.6. The molecule has 7 heteroatoms. The standard InChI is InChI=1S/C16H16ClN3O3/c17-12-5-6-18-16(23-9-10-1-2-10)14(12)15(22)20-8-11-3-4-13(21)19-7-11/h3-7,10H,1-2,8-9H2,(H,19,21)(H,20,22). The van der Waals surface area contributed by atoms with Crippen LogP contribution in [0, 0.1) is 5.92 Å². The van der Waals surface area contributed by atoms with Gasteiger partial charge in [0, 0.05) is 25.0 Å². The van der Waals surface area contributed by atoms with Crippen molar-refractivity contribution in [3.63, 3.8) is 0 Å². The molecule has 0 aliphatic heterocycles. The number of hydrogen-bond donors (Lipinski definition) is 2. The van der Waals surface area contributed by atoms with Crippen LogP contribution in [0.5, 0.6) is 5.88 Å². The van der Waals surface area contributed by atoms with Gasteiger partial charge in [-0.15, -0.1) is 0 Å². The molecule has 0 bridgehead atoms. The predicted molar refractivity (Wildman–Crippen MR) is 85.7 cm³/mol. The van der Waals surface area contributed by atoms with E-state index in [-0.39, 0.29) is 29.5 Å². The number of carbonyl (C=O) groups excluding carboxylic acids is 1. The molecule has 0 saturated heterocycles. The molecule has 0 radical (unpaired) electrons. The Morgan fingerprint density at radius 3 is 2.91 bits per heavy atom. The number of H-pyrrole nitrogens is 1. The van der Waals surface area contributed by atoms with E-state index >= 15 is 0 Å². The van der Waals surface area contributed by atoms with Crippen LogP contribution in [-0.4, -0.2) is 22.5 Å². The van der Waals surface area contributed by atoms with Gasteiger partial charge >= 0.3 is 0 Å². The molecule has 1 aliphatic rings. The van der Waals surface area contributed by atoms with Gasteiger partial charge in [0.25, 0.3) is 5.91 Å². The molecule has 2 N–H and O–H groups in total. The van der Waals surface area contributed by atoms with Crippen LogP contribution in [0.3, 0.4) is 0 Å². The molecule has 1 saturated carbocycles. The third-order valence-electron chi connectivity index (χ3n) is 3.55. The Bertz CT molecular complexity index is 751. The van der Waals surface area contributed by atoms with Crippen LogP contribution >= 0.6 is 11.6 Å². The monoisotopic (exact) mass is 333 g/mol. The van der Waals surface area contributed by atoms with Gasteiger partial charge in [-0.25, -0.2) is 4.98 Å². The average Bonchev–Trinajstić information content (AvgIpc) is 3.36.